The maximum absolute atomic E-state index is 13.6. The summed E-state index contributed by atoms with van der Waals surface area (Å²) < 4.78 is 15.5. The van der Waals surface area contributed by atoms with Gasteiger partial charge < -0.3 is 15.4 Å². The maximum Gasteiger partial charge on any atom is 0.151 e. The Labute approximate surface area is 98.9 Å². The Balaban J connectivity index is 2.59. The fourth-order valence-electron chi connectivity index (χ4n) is 2.01. The van der Waals surface area contributed by atoms with Crippen LogP contribution in [0.1, 0.15) is 25.2 Å². The number of halogens is 1. The van der Waals surface area contributed by atoms with Crippen LogP contribution in [0.4, 0.5) is 4.39 Å². The first-order valence-electron chi connectivity index (χ1n) is 5.70. The molecular formula is C12H16FN3O. The van der Waals surface area contributed by atoms with Crippen molar-refractivity contribution in [3.05, 3.63) is 29.8 Å². The van der Waals surface area contributed by atoms with Crippen LogP contribution in [-0.4, -0.2) is 21.3 Å². The zero-order valence-corrected chi connectivity index (χ0v) is 9.73. The quantitative estimate of drug-likeness (QED) is 0.848. The molecule has 0 saturated carbocycles. The summed E-state index contributed by atoms with van der Waals surface area (Å²) in [5.74, 6) is 0.286. The van der Waals surface area contributed by atoms with Crippen molar-refractivity contribution in [1.29, 1.82) is 0 Å². The van der Waals surface area contributed by atoms with Gasteiger partial charge in [-0.3, -0.25) is 0 Å². The number of nitrogens with zero attached hydrogens (tertiary/aromatic N) is 2. The molecule has 17 heavy (non-hydrogen) atoms. The van der Waals surface area contributed by atoms with Gasteiger partial charge in [-0.1, -0.05) is 6.07 Å². The second-order valence-corrected chi connectivity index (χ2v) is 3.94. The first-order chi connectivity index (χ1) is 8.19. The summed E-state index contributed by atoms with van der Waals surface area (Å²) in [5.41, 5.74) is 7.02. The topological polar surface area (TPSA) is 64.1 Å². The zero-order valence-electron chi connectivity index (χ0n) is 9.73. The van der Waals surface area contributed by atoms with E-state index in [1.165, 1.54) is 6.07 Å². The molecule has 0 aliphatic carbocycles. The van der Waals surface area contributed by atoms with E-state index in [1.807, 2.05) is 17.6 Å². The minimum Gasteiger partial charge on any atom is -0.396 e. The molecule has 0 fully saturated rings. The Morgan fingerprint density at radius 1 is 1.53 bits per heavy atom. The van der Waals surface area contributed by atoms with E-state index in [-0.39, 0.29) is 18.5 Å². The first-order valence-corrected chi connectivity index (χ1v) is 5.70. The Hall–Kier alpha value is -1.46. The molecule has 0 radical (unpaired) electrons. The average molecular weight is 237 g/mol. The van der Waals surface area contributed by atoms with Gasteiger partial charge in [0.05, 0.1) is 11.6 Å². The molecule has 0 aliphatic rings. The van der Waals surface area contributed by atoms with Gasteiger partial charge in [0, 0.05) is 13.2 Å². The number of rotatable bonds is 4. The third-order valence-corrected chi connectivity index (χ3v) is 2.85. The summed E-state index contributed by atoms with van der Waals surface area (Å²) in [5, 5.41) is 8.90. The molecule has 5 heteroatoms. The highest BCUT2D eigenvalue weighted by molar-refractivity contribution is 5.76. The molecule has 0 saturated heterocycles. The lowest BCUT2D eigenvalue weighted by atomic mass is 10.2. The monoisotopic (exact) mass is 237 g/mol. The summed E-state index contributed by atoms with van der Waals surface area (Å²) in [6.07, 6.45) is 0.422. The highest BCUT2D eigenvalue weighted by Gasteiger charge is 2.17. The molecule has 0 aliphatic heterocycles. The molecule has 92 valence electrons. The molecule has 1 aromatic heterocycles. The Kier molecular flexibility index (Phi) is 3.40. The highest BCUT2D eigenvalue weighted by atomic mass is 19.1. The van der Waals surface area contributed by atoms with Gasteiger partial charge in [-0.2, -0.15) is 0 Å². The number of aromatic nitrogens is 2. The fraction of sp³-hybridized carbons (Fsp3) is 0.417. The lowest BCUT2D eigenvalue weighted by Crippen LogP contribution is -2.17. The average Bonchev–Trinajstić information content (AvgIpc) is 2.69. The van der Waals surface area contributed by atoms with Crippen molar-refractivity contribution in [2.24, 2.45) is 5.73 Å². The summed E-state index contributed by atoms with van der Waals surface area (Å²) >= 11 is 0. The Bertz CT molecular complexity index is 524. The number of aliphatic hydroxyl groups excluding tert-OH is 1. The first kappa shape index (κ1) is 12.0. The predicted molar refractivity (Wildman–Crippen MR) is 64.0 cm³/mol. The molecule has 1 unspecified atom stereocenters. The molecule has 0 amide bonds. The van der Waals surface area contributed by atoms with Crippen molar-refractivity contribution in [3.8, 4) is 0 Å². The van der Waals surface area contributed by atoms with Crippen LogP contribution >= 0.6 is 0 Å². The molecular weight excluding hydrogens is 221 g/mol. The van der Waals surface area contributed by atoms with Gasteiger partial charge in [0.2, 0.25) is 0 Å². The molecule has 1 heterocycles. The fourth-order valence-corrected chi connectivity index (χ4v) is 2.01. The van der Waals surface area contributed by atoms with Gasteiger partial charge in [-0.05, 0) is 25.5 Å². The van der Waals surface area contributed by atoms with Crippen LogP contribution in [0.25, 0.3) is 11.0 Å². The predicted octanol–water partition coefficient (Wildman–Crippen LogP) is 1.58. The summed E-state index contributed by atoms with van der Waals surface area (Å²) in [7, 11) is 0. The zero-order chi connectivity index (χ0) is 12.4. The van der Waals surface area contributed by atoms with Crippen LogP contribution in [0.15, 0.2) is 18.2 Å². The number of hydrogen-bond donors (Lipinski definition) is 2. The SMILES string of the molecule is CCn1c(C(N)CCO)nc2c(F)cccc21. The van der Waals surface area contributed by atoms with Crippen molar-refractivity contribution in [2.45, 2.75) is 25.9 Å². The van der Waals surface area contributed by atoms with Gasteiger partial charge in [0.25, 0.3) is 0 Å². The van der Waals surface area contributed by atoms with E-state index >= 15 is 0 Å². The second kappa shape index (κ2) is 4.81. The van der Waals surface area contributed by atoms with Crippen molar-refractivity contribution in [1.82, 2.24) is 9.55 Å². The van der Waals surface area contributed by atoms with E-state index in [1.54, 1.807) is 6.07 Å². The van der Waals surface area contributed by atoms with Crippen LogP contribution in [0, 0.1) is 5.82 Å². The maximum atomic E-state index is 13.6. The van der Waals surface area contributed by atoms with Gasteiger partial charge in [-0.25, -0.2) is 9.37 Å². The molecule has 2 rings (SSSR count). The van der Waals surface area contributed by atoms with Crippen LogP contribution in [-0.2, 0) is 6.54 Å². The van der Waals surface area contributed by atoms with Crippen LogP contribution < -0.4 is 5.73 Å². The van der Waals surface area contributed by atoms with E-state index in [0.717, 1.165) is 5.52 Å². The summed E-state index contributed by atoms with van der Waals surface area (Å²) in [6.45, 7) is 2.63. The Morgan fingerprint density at radius 2 is 2.29 bits per heavy atom. The highest BCUT2D eigenvalue weighted by Crippen LogP contribution is 2.23. The number of aryl methyl sites for hydroxylation is 1. The van der Waals surface area contributed by atoms with Crippen LogP contribution in [0.5, 0.6) is 0 Å². The molecule has 1 aromatic carbocycles. The molecule has 0 bridgehead atoms. The normalized spacial score (nSPS) is 13.2. The summed E-state index contributed by atoms with van der Waals surface area (Å²) in [4.78, 5) is 4.25. The van der Waals surface area contributed by atoms with Gasteiger partial charge in [0.1, 0.15) is 11.3 Å². The minimum atomic E-state index is -0.369. The smallest absolute Gasteiger partial charge is 0.151 e. The lowest BCUT2D eigenvalue weighted by molar-refractivity contribution is 0.273. The van der Waals surface area contributed by atoms with E-state index in [4.69, 9.17) is 10.8 Å². The largest absolute Gasteiger partial charge is 0.396 e. The van der Waals surface area contributed by atoms with E-state index in [0.29, 0.717) is 24.3 Å². The number of para-hydroxylation sites is 1. The van der Waals surface area contributed by atoms with Gasteiger partial charge in [-0.15, -0.1) is 0 Å². The van der Waals surface area contributed by atoms with Crippen LogP contribution in [0.3, 0.4) is 0 Å². The van der Waals surface area contributed by atoms with Gasteiger partial charge >= 0.3 is 0 Å². The summed E-state index contributed by atoms with van der Waals surface area (Å²) in [6, 6.07) is 4.50. The van der Waals surface area contributed by atoms with Gasteiger partial charge in [0.15, 0.2) is 5.82 Å². The molecule has 0 spiro atoms. The van der Waals surface area contributed by atoms with Crippen molar-refractivity contribution < 1.29 is 9.50 Å². The molecule has 2 aromatic rings. The molecule has 4 nitrogen and oxygen atoms in total. The van der Waals surface area contributed by atoms with E-state index in [2.05, 4.69) is 4.98 Å². The third kappa shape index (κ3) is 2.03. The second-order valence-electron chi connectivity index (χ2n) is 3.94. The number of hydrogen-bond acceptors (Lipinski definition) is 3. The third-order valence-electron chi connectivity index (χ3n) is 2.85. The standard InChI is InChI=1S/C12H16FN3O/c1-2-16-10-5-3-4-8(13)11(10)15-12(16)9(14)6-7-17/h3-5,9,17H,2,6-7,14H2,1H3. The van der Waals surface area contributed by atoms with Crippen molar-refractivity contribution in [3.63, 3.8) is 0 Å². The lowest BCUT2D eigenvalue weighted by Gasteiger charge is -2.11. The number of benzene rings is 1. The van der Waals surface area contributed by atoms with Crippen molar-refractivity contribution >= 4 is 11.0 Å². The Morgan fingerprint density at radius 3 is 2.94 bits per heavy atom. The molecule has 1 atom stereocenters. The number of fused-ring (bicyclic) bond motifs is 1. The molecule has 3 N–H and O–H groups in total. The van der Waals surface area contributed by atoms with Crippen LogP contribution in [0.2, 0.25) is 0 Å². The number of aliphatic hydroxyl groups is 1. The van der Waals surface area contributed by atoms with E-state index < -0.39 is 0 Å². The number of imidazole rings is 1. The number of nitrogens with two attached hydrogens (primary N) is 1. The van der Waals surface area contributed by atoms with E-state index in [9.17, 15) is 4.39 Å². The minimum absolute atomic E-state index is 0.00340. The van der Waals surface area contributed by atoms with Crippen molar-refractivity contribution in [2.75, 3.05) is 6.61 Å².